The molecule has 0 aliphatic carbocycles. The summed E-state index contributed by atoms with van der Waals surface area (Å²) in [4.78, 5) is 33.5. The Morgan fingerprint density at radius 1 is 1.23 bits per heavy atom. The number of hydrogen-bond acceptors (Lipinski definition) is 3. The minimum absolute atomic E-state index is 0.0641. The molecule has 6 nitrogen and oxygen atoms in total. The second-order valence-corrected chi connectivity index (χ2v) is 2.81. The van der Waals surface area contributed by atoms with Crippen molar-refractivity contribution in [2.75, 3.05) is 0 Å². The van der Waals surface area contributed by atoms with Crippen LogP contribution in [-0.2, 0) is 18.4 Å². The lowest BCUT2D eigenvalue weighted by atomic mass is 10.3. The molecule has 0 saturated carbocycles. The molecule has 0 radical (unpaired) electrons. The van der Waals surface area contributed by atoms with Crippen LogP contribution in [0.15, 0.2) is 15.7 Å². The van der Waals surface area contributed by atoms with Gasteiger partial charge in [0, 0.05) is 19.3 Å². The van der Waals surface area contributed by atoms with Gasteiger partial charge in [-0.1, -0.05) is 0 Å². The van der Waals surface area contributed by atoms with Crippen LogP contribution in [0.3, 0.4) is 0 Å². The highest BCUT2D eigenvalue weighted by molar-refractivity contribution is 5.92. The second-order valence-electron chi connectivity index (χ2n) is 2.81. The average Bonchev–Trinajstić information content (AvgIpc) is 2.32. The van der Waals surface area contributed by atoms with E-state index in [9.17, 15) is 14.4 Å². The molecule has 13 heavy (non-hydrogen) atoms. The minimum Gasteiger partial charge on any atom is -0.293 e. The van der Waals surface area contributed by atoms with Crippen LogP contribution in [0.25, 0.3) is 6.20 Å². The molecule has 0 atom stereocenters. The van der Waals surface area contributed by atoms with Crippen molar-refractivity contribution in [1.29, 1.82) is 0 Å². The van der Waals surface area contributed by atoms with Gasteiger partial charge < -0.3 is 0 Å². The standard InChI is InChI=1S/C7H7N3O3/c1-8-6(12)9-3-2-5(11)4-10(9)7(8)13/h2-3H,4H2,1H3. The number of carbonyl (C=O) groups excluding carboxylic acids is 1. The molecule has 0 bridgehead atoms. The first-order valence-corrected chi connectivity index (χ1v) is 3.70. The van der Waals surface area contributed by atoms with E-state index < -0.39 is 11.4 Å². The number of nitrogens with zero attached hydrogens (tertiary/aromatic N) is 3. The highest BCUT2D eigenvalue weighted by Gasteiger charge is 2.16. The van der Waals surface area contributed by atoms with Gasteiger partial charge in [-0.15, -0.1) is 0 Å². The van der Waals surface area contributed by atoms with Crippen LogP contribution < -0.4 is 11.4 Å². The molecule has 1 aliphatic heterocycles. The zero-order chi connectivity index (χ0) is 9.59. The van der Waals surface area contributed by atoms with Crippen molar-refractivity contribution in [1.82, 2.24) is 13.9 Å². The van der Waals surface area contributed by atoms with Crippen LogP contribution in [0.4, 0.5) is 0 Å². The fourth-order valence-corrected chi connectivity index (χ4v) is 1.25. The van der Waals surface area contributed by atoms with Gasteiger partial charge in [-0.2, -0.15) is 0 Å². The smallest absolute Gasteiger partial charge is 0.293 e. The molecule has 6 heteroatoms. The Hall–Kier alpha value is -1.85. The van der Waals surface area contributed by atoms with Crippen molar-refractivity contribution < 1.29 is 4.79 Å². The summed E-state index contributed by atoms with van der Waals surface area (Å²) in [6.07, 6.45) is 2.58. The van der Waals surface area contributed by atoms with Crippen LogP contribution >= 0.6 is 0 Å². The minimum atomic E-state index is -0.470. The molecule has 0 N–H and O–H groups in total. The summed E-state index contributed by atoms with van der Waals surface area (Å²) in [7, 11) is 1.38. The van der Waals surface area contributed by atoms with Crippen molar-refractivity contribution >= 4 is 12.0 Å². The molecule has 0 unspecified atom stereocenters. The Labute approximate surface area is 72.3 Å². The first-order chi connectivity index (χ1) is 6.11. The lowest BCUT2D eigenvalue weighted by Crippen LogP contribution is -2.30. The maximum atomic E-state index is 11.3. The van der Waals surface area contributed by atoms with E-state index in [-0.39, 0.29) is 12.3 Å². The molecule has 0 fully saturated rings. The van der Waals surface area contributed by atoms with E-state index in [1.54, 1.807) is 0 Å². The fourth-order valence-electron chi connectivity index (χ4n) is 1.25. The predicted molar refractivity (Wildman–Crippen MR) is 44.3 cm³/mol. The van der Waals surface area contributed by atoms with Crippen molar-refractivity contribution in [3.63, 3.8) is 0 Å². The molecule has 0 amide bonds. The van der Waals surface area contributed by atoms with Crippen LogP contribution in [0.1, 0.15) is 0 Å². The number of hydrogen-bond donors (Lipinski definition) is 0. The molecular formula is C7H7N3O3. The van der Waals surface area contributed by atoms with E-state index in [2.05, 4.69) is 0 Å². The van der Waals surface area contributed by atoms with E-state index in [1.165, 1.54) is 19.3 Å². The molecule has 1 aromatic rings. The maximum Gasteiger partial charge on any atom is 0.351 e. The van der Waals surface area contributed by atoms with Gasteiger partial charge in [0.25, 0.3) is 0 Å². The molecule has 0 spiro atoms. The normalized spacial score (nSPS) is 14.7. The van der Waals surface area contributed by atoms with E-state index >= 15 is 0 Å². The van der Waals surface area contributed by atoms with Crippen molar-refractivity contribution in [3.05, 3.63) is 27.0 Å². The topological polar surface area (TPSA) is 66.0 Å². The monoisotopic (exact) mass is 181 g/mol. The van der Waals surface area contributed by atoms with Gasteiger partial charge in [0.2, 0.25) is 0 Å². The SMILES string of the molecule is Cn1c(=O)n2n(c1=O)CC(=O)C=C2. The lowest BCUT2D eigenvalue weighted by Gasteiger charge is -2.06. The number of allylic oxidation sites excluding steroid dienone is 1. The quantitative estimate of drug-likeness (QED) is 0.484. The molecule has 0 saturated heterocycles. The molecule has 68 valence electrons. The maximum absolute atomic E-state index is 11.3. The van der Waals surface area contributed by atoms with Crippen molar-refractivity contribution in [3.8, 4) is 0 Å². The number of carbonyl (C=O) groups is 1. The molecule has 0 aromatic carbocycles. The van der Waals surface area contributed by atoms with Gasteiger partial charge in [0.05, 0.1) is 0 Å². The fraction of sp³-hybridized carbons (Fsp3) is 0.286. The Kier molecular flexibility index (Phi) is 1.39. The Bertz CT molecular complexity index is 514. The number of ketones is 1. The Morgan fingerprint density at radius 2 is 1.92 bits per heavy atom. The van der Waals surface area contributed by atoms with Gasteiger partial charge in [-0.25, -0.2) is 23.5 Å². The Morgan fingerprint density at radius 3 is 2.62 bits per heavy atom. The second kappa shape index (κ2) is 2.32. The lowest BCUT2D eigenvalue weighted by molar-refractivity contribution is -0.115. The predicted octanol–water partition coefficient (Wildman–Crippen LogP) is -1.60. The van der Waals surface area contributed by atoms with Crippen molar-refractivity contribution in [2.45, 2.75) is 6.54 Å². The third-order valence-electron chi connectivity index (χ3n) is 1.96. The third-order valence-corrected chi connectivity index (χ3v) is 1.96. The highest BCUT2D eigenvalue weighted by Crippen LogP contribution is 1.93. The van der Waals surface area contributed by atoms with Crippen LogP contribution in [0.2, 0.25) is 0 Å². The molecule has 1 aliphatic rings. The van der Waals surface area contributed by atoms with E-state index in [0.29, 0.717) is 0 Å². The first-order valence-electron chi connectivity index (χ1n) is 3.70. The van der Waals surface area contributed by atoms with E-state index in [0.717, 1.165) is 13.9 Å². The summed E-state index contributed by atoms with van der Waals surface area (Å²) >= 11 is 0. The van der Waals surface area contributed by atoms with Crippen LogP contribution in [0.5, 0.6) is 0 Å². The van der Waals surface area contributed by atoms with Crippen LogP contribution in [-0.4, -0.2) is 19.7 Å². The van der Waals surface area contributed by atoms with Gasteiger partial charge in [-0.3, -0.25) is 4.79 Å². The van der Waals surface area contributed by atoms with Gasteiger partial charge >= 0.3 is 11.4 Å². The molecule has 2 rings (SSSR count). The third kappa shape index (κ3) is 0.915. The molecular weight excluding hydrogens is 174 g/mol. The zero-order valence-electron chi connectivity index (χ0n) is 6.93. The first kappa shape index (κ1) is 7.78. The van der Waals surface area contributed by atoms with Gasteiger partial charge in [-0.05, 0) is 0 Å². The summed E-state index contributed by atoms with van der Waals surface area (Å²) < 4.78 is 3.19. The molecule has 2 heterocycles. The number of fused-ring (bicyclic) bond motifs is 1. The molecule has 1 aromatic heterocycles. The number of rotatable bonds is 0. The Balaban J connectivity index is 2.85. The zero-order valence-corrected chi connectivity index (χ0v) is 6.93. The summed E-state index contributed by atoms with van der Waals surface area (Å²) in [5, 5.41) is 0. The largest absolute Gasteiger partial charge is 0.351 e. The number of aromatic nitrogens is 3. The van der Waals surface area contributed by atoms with Crippen LogP contribution in [0, 0.1) is 0 Å². The van der Waals surface area contributed by atoms with Crippen molar-refractivity contribution in [2.24, 2.45) is 7.05 Å². The average molecular weight is 181 g/mol. The van der Waals surface area contributed by atoms with Gasteiger partial charge in [0.15, 0.2) is 5.78 Å². The van der Waals surface area contributed by atoms with E-state index in [1.807, 2.05) is 0 Å². The summed E-state index contributed by atoms with van der Waals surface area (Å²) in [5.74, 6) is -0.187. The summed E-state index contributed by atoms with van der Waals surface area (Å²) in [5.41, 5.74) is -0.906. The van der Waals surface area contributed by atoms with E-state index in [4.69, 9.17) is 0 Å². The van der Waals surface area contributed by atoms with Gasteiger partial charge in [0.1, 0.15) is 6.54 Å². The summed E-state index contributed by atoms with van der Waals surface area (Å²) in [6, 6.07) is 0. The highest BCUT2D eigenvalue weighted by atomic mass is 16.2. The summed E-state index contributed by atoms with van der Waals surface area (Å²) in [6.45, 7) is -0.0641.